The van der Waals surface area contributed by atoms with Gasteiger partial charge in [0.2, 0.25) is 0 Å². The first kappa shape index (κ1) is 24.0. The average molecular weight is 567 g/mol. The summed E-state index contributed by atoms with van der Waals surface area (Å²) in [5.41, 5.74) is 4.96. The summed E-state index contributed by atoms with van der Waals surface area (Å²) in [6, 6.07) is 15.1. The first-order valence-electron chi connectivity index (χ1n) is 9.81. The second-order valence-corrected chi connectivity index (χ2v) is 8.38. The predicted octanol–water partition coefficient (Wildman–Crippen LogP) is 6.13. The highest BCUT2D eigenvalue weighted by atomic mass is 127. The number of amides is 1. The summed E-state index contributed by atoms with van der Waals surface area (Å²) in [6.07, 6.45) is 1.51. The van der Waals surface area contributed by atoms with Crippen LogP contribution >= 0.6 is 34.2 Å². The normalized spacial score (nSPS) is 10.9. The van der Waals surface area contributed by atoms with Crippen molar-refractivity contribution in [2.45, 2.75) is 20.5 Å². The molecule has 0 saturated heterocycles. The summed E-state index contributed by atoms with van der Waals surface area (Å²) < 4.78 is 26.2. The van der Waals surface area contributed by atoms with Gasteiger partial charge in [-0.1, -0.05) is 35.9 Å². The SMILES string of the molecule is CCOc1cc(/C=N\NC(=O)c2ccc(C)c(Cl)c2)cc(I)c1OCc1ccccc1F. The molecule has 0 bridgehead atoms. The number of ether oxygens (including phenoxy) is 2. The fraction of sp³-hybridized carbons (Fsp3) is 0.167. The lowest BCUT2D eigenvalue weighted by Crippen LogP contribution is -2.17. The van der Waals surface area contributed by atoms with E-state index in [1.165, 1.54) is 12.3 Å². The van der Waals surface area contributed by atoms with Gasteiger partial charge in [-0.15, -0.1) is 0 Å². The Balaban J connectivity index is 1.73. The Morgan fingerprint density at radius 1 is 1.19 bits per heavy atom. The number of nitrogens with zero attached hydrogens (tertiary/aromatic N) is 1. The van der Waals surface area contributed by atoms with Crippen LogP contribution in [0.1, 0.15) is 34.0 Å². The molecule has 0 heterocycles. The van der Waals surface area contributed by atoms with Crippen molar-refractivity contribution >= 4 is 46.3 Å². The standard InChI is InChI=1S/C24H21ClFIN2O3/c1-3-31-22-11-16(13-28-29-24(30)17-9-8-15(2)19(25)12-17)10-21(27)23(22)32-14-18-6-4-5-7-20(18)26/h4-13H,3,14H2,1-2H3,(H,29,30)/b28-13-. The molecule has 0 fully saturated rings. The first-order chi connectivity index (χ1) is 15.4. The fourth-order valence-corrected chi connectivity index (χ4v) is 3.76. The van der Waals surface area contributed by atoms with Crippen LogP contribution in [0.2, 0.25) is 5.02 Å². The Morgan fingerprint density at radius 3 is 2.69 bits per heavy atom. The van der Waals surface area contributed by atoms with Crippen LogP contribution in [0.5, 0.6) is 11.5 Å². The highest BCUT2D eigenvalue weighted by Crippen LogP contribution is 2.34. The molecule has 3 rings (SSSR count). The van der Waals surface area contributed by atoms with E-state index in [0.717, 1.165) is 9.13 Å². The topological polar surface area (TPSA) is 59.9 Å². The van der Waals surface area contributed by atoms with Gasteiger partial charge in [-0.05, 0) is 77.9 Å². The molecule has 0 aromatic heterocycles. The molecule has 0 unspecified atom stereocenters. The molecule has 32 heavy (non-hydrogen) atoms. The van der Waals surface area contributed by atoms with E-state index >= 15 is 0 Å². The lowest BCUT2D eigenvalue weighted by Gasteiger charge is -2.15. The average Bonchev–Trinajstić information content (AvgIpc) is 2.76. The maximum Gasteiger partial charge on any atom is 0.271 e. The molecule has 0 aliphatic carbocycles. The second-order valence-electron chi connectivity index (χ2n) is 6.81. The first-order valence-corrected chi connectivity index (χ1v) is 11.3. The van der Waals surface area contributed by atoms with Gasteiger partial charge in [0.1, 0.15) is 12.4 Å². The Hall–Kier alpha value is -2.65. The zero-order chi connectivity index (χ0) is 23.1. The molecule has 0 saturated carbocycles. The van der Waals surface area contributed by atoms with Crippen molar-refractivity contribution in [3.05, 3.63) is 91.3 Å². The van der Waals surface area contributed by atoms with Gasteiger partial charge >= 0.3 is 0 Å². The van der Waals surface area contributed by atoms with Crippen molar-refractivity contribution in [1.82, 2.24) is 5.43 Å². The quantitative estimate of drug-likeness (QED) is 0.203. The molecule has 0 aliphatic rings. The second kappa shape index (κ2) is 11.3. The number of nitrogens with one attached hydrogen (secondary N) is 1. The molecule has 3 aromatic carbocycles. The molecule has 1 amide bonds. The van der Waals surface area contributed by atoms with Crippen molar-refractivity contribution in [1.29, 1.82) is 0 Å². The number of hydrazone groups is 1. The summed E-state index contributed by atoms with van der Waals surface area (Å²) in [6.45, 7) is 4.23. The number of benzene rings is 3. The molecule has 1 N–H and O–H groups in total. The lowest BCUT2D eigenvalue weighted by molar-refractivity contribution is 0.0955. The van der Waals surface area contributed by atoms with E-state index < -0.39 is 0 Å². The third-order valence-electron chi connectivity index (χ3n) is 4.48. The maximum absolute atomic E-state index is 13.9. The van der Waals surface area contributed by atoms with E-state index in [-0.39, 0.29) is 18.3 Å². The predicted molar refractivity (Wildman–Crippen MR) is 132 cm³/mol. The largest absolute Gasteiger partial charge is 0.490 e. The van der Waals surface area contributed by atoms with Crippen molar-refractivity contribution < 1.29 is 18.7 Å². The van der Waals surface area contributed by atoms with E-state index in [1.54, 1.807) is 42.5 Å². The van der Waals surface area contributed by atoms with E-state index in [0.29, 0.717) is 39.8 Å². The summed E-state index contributed by atoms with van der Waals surface area (Å²) in [5, 5.41) is 4.55. The minimum absolute atomic E-state index is 0.0748. The van der Waals surface area contributed by atoms with Gasteiger partial charge in [0.05, 0.1) is 16.4 Å². The van der Waals surface area contributed by atoms with Crippen LogP contribution in [-0.4, -0.2) is 18.7 Å². The van der Waals surface area contributed by atoms with Crippen molar-refractivity contribution in [2.75, 3.05) is 6.61 Å². The summed E-state index contributed by atoms with van der Waals surface area (Å²) >= 11 is 8.20. The van der Waals surface area contributed by atoms with Gasteiger partial charge in [-0.25, -0.2) is 9.82 Å². The van der Waals surface area contributed by atoms with Crippen LogP contribution in [0.3, 0.4) is 0 Å². The molecular formula is C24H21ClFIN2O3. The summed E-state index contributed by atoms with van der Waals surface area (Å²) in [5.74, 6) is 0.336. The van der Waals surface area contributed by atoms with E-state index in [4.69, 9.17) is 21.1 Å². The third-order valence-corrected chi connectivity index (χ3v) is 5.68. The maximum atomic E-state index is 13.9. The van der Waals surface area contributed by atoms with E-state index in [1.807, 2.05) is 19.9 Å². The molecule has 166 valence electrons. The van der Waals surface area contributed by atoms with Crippen molar-refractivity contribution in [3.8, 4) is 11.5 Å². The molecule has 5 nitrogen and oxygen atoms in total. The molecule has 0 spiro atoms. The van der Waals surface area contributed by atoms with Gasteiger partial charge < -0.3 is 9.47 Å². The van der Waals surface area contributed by atoms with Gasteiger partial charge in [0.15, 0.2) is 11.5 Å². The van der Waals surface area contributed by atoms with Crippen LogP contribution in [0.4, 0.5) is 4.39 Å². The molecule has 0 aliphatic heterocycles. The smallest absolute Gasteiger partial charge is 0.271 e. The number of hydrogen-bond donors (Lipinski definition) is 1. The number of halogens is 3. The Labute approximate surface area is 204 Å². The Bertz CT molecular complexity index is 1150. The van der Waals surface area contributed by atoms with Crippen LogP contribution in [0.15, 0.2) is 59.7 Å². The van der Waals surface area contributed by atoms with Crippen LogP contribution in [-0.2, 0) is 6.61 Å². The van der Waals surface area contributed by atoms with Crippen LogP contribution < -0.4 is 14.9 Å². The van der Waals surface area contributed by atoms with Gasteiger partial charge in [0.25, 0.3) is 5.91 Å². The fourth-order valence-electron chi connectivity index (χ4n) is 2.79. The zero-order valence-corrected chi connectivity index (χ0v) is 20.4. The summed E-state index contributed by atoms with van der Waals surface area (Å²) in [7, 11) is 0. The highest BCUT2D eigenvalue weighted by Gasteiger charge is 2.13. The molecule has 8 heteroatoms. The lowest BCUT2D eigenvalue weighted by atomic mass is 10.1. The molecular weight excluding hydrogens is 546 g/mol. The molecule has 3 aromatic rings. The molecule has 0 atom stereocenters. The van der Waals surface area contributed by atoms with E-state index in [9.17, 15) is 9.18 Å². The van der Waals surface area contributed by atoms with Gasteiger partial charge in [-0.2, -0.15) is 5.10 Å². The third kappa shape index (κ3) is 6.20. The molecule has 0 radical (unpaired) electrons. The van der Waals surface area contributed by atoms with Gasteiger partial charge in [-0.3, -0.25) is 4.79 Å². The number of carbonyl (C=O) groups is 1. The number of carbonyl (C=O) groups excluding carboxylic acids is 1. The van der Waals surface area contributed by atoms with Crippen LogP contribution in [0, 0.1) is 16.3 Å². The number of rotatable bonds is 8. The Morgan fingerprint density at radius 2 is 1.97 bits per heavy atom. The minimum atomic E-state index is -0.368. The van der Waals surface area contributed by atoms with E-state index in [2.05, 4.69) is 33.1 Å². The minimum Gasteiger partial charge on any atom is -0.490 e. The van der Waals surface area contributed by atoms with Crippen molar-refractivity contribution in [2.24, 2.45) is 5.10 Å². The van der Waals surface area contributed by atoms with Crippen molar-refractivity contribution in [3.63, 3.8) is 0 Å². The Kier molecular flexibility index (Phi) is 8.46. The van der Waals surface area contributed by atoms with Crippen LogP contribution in [0.25, 0.3) is 0 Å². The van der Waals surface area contributed by atoms with Gasteiger partial charge in [0, 0.05) is 16.1 Å². The highest BCUT2D eigenvalue weighted by molar-refractivity contribution is 14.1. The monoisotopic (exact) mass is 566 g/mol. The zero-order valence-electron chi connectivity index (χ0n) is 17.5. The number of aryl methyl sites for hydroxylation is 1. The summed E-state index contributed by atoms with van der Waals surface area (Å²) in [4.78, 5) is 12.3. The number of hydrogen-bond acceptors (Lipinski definition) is 4.